The average molecular weight is 165 g/mol. The van der Waals surface area contributed by atoms with Crippen LogP contribution in [-0.4, -0.2) is 13.6 Å². The first kappa shape index (κ1) is 8.34. The number of rotatable bonds is 2. The summed E-state index contributed by atoms with van der Waals surface area (Å²) in [6.45, 7) is 1.89. The first-order valence-corrected chi connectivity index (χ1v) is 3.70. The average Bonchev–Trinajstić information content (AvgIpc) is 2.04. The minimum atomic E-state index is 0.595. The van der Waals surface area contributed by atoms with E-state index in [4.69, 9.17) is 11.6 Å². The van der Waals surface area contributed by atoms with E-state index in [1.54, 1.807) is 12.1 Å². The minimum absolute atomic E-state index is 0.595. The van der Waals surface area contributed by atoms with Crippen LogP contribution >= 0.6 is 11.6 Å². The second kappa shape index (κ2) is 3.58. The lowest BCUT2D eigenvalue weighted by Gasteiger charge is -1.99. The molecule has 1 aromatic rings. The Labute approximate surface area is 71.6 Å². The Morgan fingerprint density at radius 1 is 1.55 bits per heavy atom. The Balaban J connectivity index is 3.16. The molecule has 1 radical (unpaired) electrons. The minimum Gasteiger partial charge on any atom is -0.298 e. The van der Waals surface area contributed by atoms with Crippen LogP contribution in [0.25, 0.3) is 0 Å². The van der Waals surface area contributed by atoms with Gasteiger partial charge < -0.3 is 0 Å². The van der Waals surface area contributed by atoms with Gasteiger partial charge in [-0.25, -0.2) is 0 Å². The molecule has 1 nitrogen and oxygen atoms in total. The Bertz CT molecular complexity index is 273. The topological polar surface area (TPSA) is 17.1 Å². The van der Waals surface area contributed by atoms with Gasteiger partial charge in [-0.05, 0) is 12.1 Å². The lowest BCUT2D eigenvalue weighted by Crippen LogP contribution is -2.15. The highest BCUT2D eigenvalue weighted by atomic mass is 35.5. The molecule has 0 aliphatic heterocycles. The van der Waals surface area contributed by atoms with E-state index in [0.29, 0.717) is 10.6 Å². The van der Waals surface area contributed by atoms with E-state index in [2.05, 4.69) is 0 Å². The highest BCUT2D eigenvalue weighted by Crippen LogP contribution is 2.07. The first-order valence-electron chi connectivity index (χ1n) is 3.32. The maximum absolute atomic E-state index is 10.5. The maximum Gasteiger partial charge on any atom is 0.149 e. The van der Waals surface area contributed by atoms with Crippen molar-refractivity contribution in [3.8, 4) is 0 Å². The quantitative estimate of drug-likeness (QED) is 0.480. The van der Waals surface area contributed by atoms with Crippen LogP contribution in [0.3, 0.4) is 0 Å². The first-order chi connectivity index (χ1) is 5.27. The summed E-state index contributed by atoms with van der Waals surface area (Å²) in [5.41, 5.74) is 1.56. The molecule has 0 N–H and O–H groups in total. The van der Waals surface area contributed by atoms with Crippen molar-refractivity contribution >= 4 is 30.6 Å². The van der Waals surface area contributed by atoms with Gasteiger partial charge in [-0.1, -0.05) is 30.0 Å². The zero-order chi connectivity index (χ0) is 8.27. The Hall–Kier alpha value is -0.755. The van der Waals surface area contributed by atoms with Crippen molar-refractivity contribution in [3.05, 3.63) is 28.8 Å². The molecule has 1 rings (SSSR count). The lowest BCUT2D eigenvalue weighted by molar-refractivity contribution is 0.112. The van der Waals surface area contributed by atoms with Crippen LogP contribution in [0.5, 0.6) is 0 Å². The molecule has 0 bridgehead atoms. The molecule has 11 heavy (non-hydrogen) atoms. The largest absolute Gasteiger partial charge is 0.298 e. The third-order valence-corrected chi connectivity index (χ3v) is 1.72. The van der Waals surface area contributed by atoms with Gasteiger partial charge in [0.2, 0.25) is 0 Å². The molecule has 0 aromatic heterocycles. The van der Waals surface area contributed by atoms with Crippen LogP contribution in [0.15, 0.2) is 18.2 Å². The van der Waals surface area contributed by atoms with Gasteiger partial charge in [-0.2, -0.15) is 0 Å². The zero-order valence-electron chi connectivity index (χ0n) is 6.17. The van der Waals surface area contributed by atoms with E-state index in [1.807, 2.05) is 20.2 Å². The standard InChI is InChI=1S/C8H7BClO/c1-9-8-3-2-7(10)4-6(8)5-11/h2-5H,1H3. The van der Waals surface area contributed by atoms with Crippen LogP contribution in [0.1, 0.15) is 10.4 Å². The van der Waals surface area contributed by atoms with Crippen LogP contribution in [0.4, 0.5) is 0 Å². The van der Waals surface area contributed by atoms with Crippen molar-refractivity contribution in [2.75, 3.05) is 0 Å². The van der Waals surface area contributed by atoms with Crippen LogP contribution in [-0.2, 0) is 0 Å². The number of carbonyl (C=O) groups excluding carboxylic acids is 1. The monoisotopic (exact) mass is 165 g/mol. The van der Waals surface area contributed by atoms with Crippen molar-refractivity contribution in [2.24, 2.45) is 0 Å². The molecule has 3 heteroatoms. The van der Waals surface area contributed by atoms with E-state index in [1.165, 1.54) is 0 Å². The molecule has 0 aliphatic carbocycles. The molecule has 0 unspecified atom stereocenters. The van der Waals surface area contributed by atoms with Crippen LogP contribution in [0, 0.1) is 0 Å². The second-order valence-electron chi connectivity index (χ2n) is 2.18. The predicted molar refractivity (Wildman–Crippen MR) is 48.1 cm³/mol. The fourth-order valence-electron chi connectivity index (χ4n) is 0.911. The van der Waals surface area contributed by atoms with Gasteiger partial charge >= 0.3 is 0 Å². The van der Waals surface area contributed by atoms with Gasteiger partial charge in [-0.3, -0.25) is 4.79 Å². The number of hydrogen-bond donors (Lipinski definition) is 0. The third kappa shape index (κ3) is 1.84. The summed E-state index contributed by atoms with van der Waals surface area (Å²) in [6, 6.07) is 5.25. The Morgan fingerprint density at radius 2 is 2.27 bits per heavy atom. The second-order valence-corrected chi connectivity index (χ2v) is 2.62. The molecule has 0 atom stereocenters. The number of halogens is 1. The summed E-state index contributed by atoms with van der Waals surface area (Å²) in [4.78, 5) is 10.5. The normalized spacial score (nSPS) is 9.27. The van der Waals surface area contributed by atoms with E-state index in [0.717, 1.165) is 11.7 Å². The van der Waals surface area contributed by atoms with Gasteiger partial charge in [0.15, 0.2) is 0 Å². The van der Waals surface area contributed by atoms with E-state index in [-0.39, 0.29) is 0 Å². The summed E-state index contributed by atoms with van der Waals surface area (Å²) in [5, 5.41) is 0.595. The van der Waals surface area contributed by atoms with E-state index >= 15 is 0 Å². The zero-order valence-corrected chi connectivity index (χ0v) is 6.93. The smallest absolute Gasteiger partial charge is 0.149 e. The molecule has 0 amide bonds. The van der Waals surface area contributed by atoms with Crippen LogP contribution < -0.4 is 5.46 Å². The number of carbonyl (C=O) groups is 1. The summed E-state index contributed by atoms with van der Waals surface area (Å²) >= 11 is 5.68. The van der Waals surface area contributed by atoms with E-state index in [9.17, 15) is 4.79 Å². The Kier molecular flexibility index (Phi) is 2.72. The molecule has 0 saturated carbocycles. The molecule has 0 spiro atoms. The number of aldehydes is 1. The van der Waals surface area contributed by atoms with Crippen molar-refractivity contribution in [1.29, 1.82) is 0 Å². The molecular weight excluding hydrogens is 158 g/mol. The van der Waals surface area contributed by atoms with Crippen molar-refractivity contribution < 1.29 is 4.79 Å². The molecule has 55 valence electrons. The molecule has 1 aromatic carbocycles. The third-order valence-electron chi connectivity index (χ3n) is 1.49. The van der Waals surface area contributed by atoms with Gasteiger partial charge in [0.1, 0.15) is 13.6 Å². The van der Waals surface area contributed by atoms with Gasteiger partial charge in [0.25, 0.3) is 0 Å². The van der Waals surface area contributed by atoms with Crippen molar-refractivity contribution in [1.82, 2.24) is 0 Å². The number of hydrogen-bond acceptors (Lipinski definition) is 1. The summed E-state index contributed by atoms with van der Waals surface area (Å²) in [5.74, 6) is 0. The van der Waals surface area contributed by atoms with Crippen molar-refractivity contribution in [3.63, 3.8) is 0 Å². The van der Waals surface area contributed by atoms with Gasteiger partial charge in [-0.15, -0.1) is 0 Å². The number of benzene rings is 1. The van der Waals surface area contributed by atoms with E-state index < -0.39 is 0 Å². The van der Waals surface area contributed by atoms with Gasteiger partial charge in [0, 0.05) is 10.6 Å². The molecule has 0 aliphatic rings. The molecule has 0 saturated heterocycles. The van der Waals surface area contributed by atoms with Crippen molar-refractivity contribution in [2.45, 2.75) is 6.82 Å². The fraction of sp³-hybridized carbons (Fsp3) is 0.125. The fourth-order valence-corrected chi connectivity index (χ4v) is 1.09. The van der Waals surface area contributed by atoms with Crippen LogP contribution in [0.2, 0.25) is 11.8 Å². The lowest BCUT2D eigenvalue weighted by atomic mass is 9.71. The summed E-state index contributed by atoms with van der Waals surface area (Å²) in [6.07, 6.45) is 0.807. The summed E-state index contributed by atoms with van der Waals surface area (Å²) < 4.78 is 0. The molecule has 0 heterocycles. The Morgan fingerprint density at radius 3 is 2.82 bits per heavy atom. The summed E-state index contributed by atoms with van der Waals surface area (Å²) in [7, 11) is 1.88. The SMILES string of the molecule is C[B]c1ccc(Cl)cc1C=O. The maximum atomic E-state index is 10.5. The molecular formula is C8H7BClO. The van der Waals surface area contributed by atoms with Gasteiger partial charge in [0.05, 0.1) is 0 Å². The predicted octanol–water partition coefficient (Wildman–Crippen LogP) is 1.53. The highest BCUT2D eigenvalue weighted by Gasteiger charge is 1.99. The molecule has 0 fully saturated rings. The highest BCUT2D eigenvalue weighted by molar-refractivity contribution is 6.53.